The van der Waals surface area contributed by atoms with Crippen molar-refractivity contribution in [3.8, 4) is 0 Å². The number of rotatable bonds is 10. The van der Waals surface area contributed by atoms with Crippen molar-refractivity contribution < 1.29 is 0 Å². The van der Waals surface area contributed by atoms with E-state index in [0.29, 0.717) is 0 Å². The lowest BCUT2D eigenvalue weighted by Gasteiger charge is -2.30. The smallest absolute Gasteiger partial charge is 0.0490 e. The Morgan fingerprint density at radius 2 is 0.519 bits per heavy atom. The van der Waals surface area contributed by atoms with Gasteiger partial charge >= 0.3 is 0 Å². The predicted molar refractivity (Wildman–Crippen MR) is 235 cm³/mol. The summed E-state index contributed by atoms with van der Waals surface area (Å²) in [6, 6.07) is 57.3. The van der Waals surface area contributed by atoms with Gasteiger partial charge in [0.1, 0.15) is 0 Å². The zero-order valence-electron chi connectivity index (χ0n) is 32.2. The van der Waals surface area contributed by atoms with E-state index in [1.807, 2.05) is 0 Å². The first-order valence-corrected chi connectivity index (χ1v) is 18.7. The Hall–Kier alpha value is -6.38. The lowest BCUT2D eigenvalue weighted by atomic mass is 10.1. The Balaban J connectivity index is 1.22. The quantitative estimate of drug-likeness (QED) is 0.131. The van der Waals surface area contributed by atoms with Crippen LogP contribution in [0.3, 0.4) is 0 Å². The molecule has 0 atom stereocenters. The highest BCUT2D eigenvalue weighted by Crippen LogP contribution is 2.41. The molecule has 0 aliphatic heterocycles. The molecule has 0 saturated heterocycles. The third kappa shape index (κ3) is 8.46. The molecule has 0 amide bonds. The molecular weight excluding hydrogens is 653 g/mol. The van der Waals surface area contributed by atoms with Crippen molar-refractivity contribution in [2.45, 2.75) is 41.5 Å². The standard InChI is InChI=1S/C52H48N2/c1-37-7-13-43(14-8-37)17-19-45-21-25-47(26-22-45)53(51-33-11-39(3)35-41(51)5)49-29-31-50(32-30-49)54(52-34-12-40(4)36-42(52)6)48-27-23-46(24-28-48)20-18-44-15-9-38(2)10-16-44/h7-36H,1-6H3/b19-17+,20-18+. The van der Waals surface area contributed by atoms with Crippen molar-refractivity contribution in [1.29, 1.82) is 0 Å². The summed E-state index contributed by atoms with van der Waals surface area (Å²) >= 11 is 0. The zero-order valence-corrected chi connectivity index (χ0v) is 32.2. The summed E-state index contributed by atoms with van der Waals surface area (Å²) in [5.74, 6) is 0. The number of aryl methyl sites for hydroxylation is 6. The first kappa shape index (κ1) is 36.0. The third-order valence-corrected chi connectivity index (χ3v) is 9.95. The molecule has 2 heteroatoms. The van der Waals surface area contributed by atoms with Crippen LogP contribution in [0.5, 0.6) is 0 Å². The van der Waals surface area contributed by atoms with E-state index in [0.717, 1.165) is 45.3 Å². The molecule has 0 N–H and O–H groups in total. The molecule has 0 bridgehead atoms. The van der Waals surface area contributed by atoms with E-state index in [9.17, 15) is 0 Å². The predicted octanol–water partition coefficient (Wildman–Crippen LogP) is 14.8. The van der Waals surface area contributed by atoms with Gasteiger partial charge in [0.25, 0.3) is 0 Å². The highest BCUT2D eigenvalue weighted by atomic mass is 15.2. The summed E-state index contributed by atoms with van der Waals surface area (Å²) in [4.78, 5) is 4.73. The lowest BCUT2D eigenvalue weighted by molar-refractivity contribution is 1.22. The van der Waals surface area contributed by atoms with Crippen LogP contribution in [-0.4, -0.2) is 0 Å². The van der Waals surface area contributed by atoms with Gasteiger partial charge in [-0.25, -0.2) is 0 Å². The molecule has 0 fully saturated rings. The van der Waals surface area contributed by atoms with E-state index in [4.69, 9.17) is 0 Å². The van der Waals surface area contributed by atoms with Crippen LogP contribution in [-0.2, 0) is 0 Å². The van der Waals surface area contributed by atoms with Crippen molar-refractivity contribution >= 4 is 58.4 Å². The van der Waals surface area contributed by atoms with Gasteiger partial charge in [-0.05, 0) is 136 Å². The van der Waals surface area contributed by atoms with Crippen LogP contribution in [0.4, 0.5) is 34.1 Å². The monoisotopic (exact) mass is 700 g/mol. The number of anilines is 6. The average molecular weight is 701 g/mol. The topological polar surface area (TPSA) is 6.48 Å². The number of hydrogen-bond acceptors (Lipinski definition) is 2. The molecule has 0 aliphatic rings. The third-order valence-electron chi connectivity index (χ3n) is 9.95. The largest absolute Gasteiger partial charge is 0.310 e. The SMILES string of the molecule is Cc1ccc(/C=C/c2ccc(N(c3ccc(N(c4ccc(/C=C/c5ccc(C)cc5)cc4)c4ccc(C)cc4C)cc3)c3ccc(C)cc3C)cc2)cc1. The van der Waals surface area contributed by atoms with E-state index in [-0.39, 0.29) is 0 Å². The van der Waals surface area contributed by atoms with Crippen LogP contribution in [0.2, 0.25) is 0 Å². The summed E-state index contributed by atoms with van der Waals surface area (Å²) < 4.78 is 0. The Morgan fingerprint density at radius 3 is 0.796 bits per heavy atom. The highest BCUT2D eigenvalue weighted by Gasteiger charge is 2.18. The minimum atomic E-state index is 1.10. The molecule has 0 aromatic heterocycles. The van der Waals surface area contributed by atoms with Gasteiger partial charge in [0.2, 0.25) is 0 Å². The molecule has 7 aromatic carbocycles. The fourth-order valence-electron chi connectivity index (χ4n) is 6.93. The first-order chi connectivity index (χ1) is 26.2. The van der Waals surface area contributed by atoms with Gasteiger partial charge in [-0.15, -0.1) is 0 Å². The van der Waals surface area contributed by atoms with Gasteiger partial charge in [0.15, 0.2) is 0 Å². The summed E-state index contributed by atoms with van der Waals surface area (Å²) in [6.07, 6.45) is 8.71. The Morgan fingerprint density at radius 1 is 0.278 bits per heavy atom. The second kappa shape index (κ2) is 16.1. The fraction of sp³-hybridized carbons (Fsp3) is 0.115. The second-order valence-electron chi connectivity index (χ2n) is 14.4. The summed E-state index contributed by atoms with van der Waals surface area (Å²) in [7, 11) is 0. The molecule has 54 heavy (non-hydrogen) atoms. The van der Waals surface area contributed by atoms with Gasteiger partial charge in [0, 0.05) is 34.1 Å². The fourth-order valence-corrected chi connectivity index (χ4v) is 6.93. The van der Waals surface area contributed by atoms with Crippen LogP contribution in [0.1, 0.15) is 55.6 Å². The van der Waals surface area contributed by atoms with E-state index in [1.165, 1.54) is 44.5 Å². The highest BCUT2D eigenvalue weighted by molar-refractivity contribution is 5.84. The molecule has 0 aliphatic carbocycles. The molecular formula is C52H48N2. The van der Waals surface area contributed by atoms with Crippen LogP contribution in [0.15, 0.2) is 158 Å². The van der Waals surface area contributed by atoms with E-state index in [1.54, 1.807) is 0 Å². The van der Waals surface area contributed by atoms with E-state index >= 15 is 0 Å². The normalized spacial score (nSPS) is 11.4. The Bertz CT molecular complexity index is 2220. The molecule has 0 radical (unpaired) electrons. The van der Waals surface area contributed by atoms with Gasteiger partial charge in [-0.3, -0.25) is 0 Å². The van der Waals surface area contributed by atoms with Gasteiger partial charge in [-0.2, -0.15) is 0 Å². The molecule has 266 valence electrons. The van der Waals surface area contributed by atoms with Crippen LogP contribution < -0.4 is 9.80 Å². The Kier molecular flexibility index (Phi) is 10.7. The van der Waals surface area contributed by atoms with Gasteiger partial charge < -0.3 is 9.80 Å². The molecule has 0 unspecified atom stereocenters. The zero-order chi connectivity index (χ0) is 37.6. The van der Waals surface area contributed by atoms with Crippen molar-refractivity contribution in [3.63, 3.8) is 0 Å². The lowest BCUT2D eigenvalue weighted by Crippen LogP contribution is -2.13. The van der Waals surface area contributed by atoms with Crippen molar-refractivity contribution in [2.75, 3.05) is 9.80 Å². The van der Waals surface area contributed by atoms with Crippen molar-refractivity contribution in [3.05, 3.63) is 213 Å². The van der Waals surface area contributed by atoms with Crippen LogP contribution >= 0.6 is 0 Å². The molecule has 0 spiro atoms. The summed E-state index contributed by atoms with van der Waals surface area (Å²) in [5, 5.41) is 0. The minimum Gasteiger partial charge on any atom is -0.310 e. The number of nitrogens with zero attached hydrogens (tertiary/aromatic N) is 2. The molecule has 2 nitrogen and oxygen atoms in total. The molecule has 0 saturated carbocycles. The first-order valence-electron chi connectivity index (χ1n) is 18.7. The number of hydrogen-bond donors (Lipinski definition) is 0. The minimum absolute atomic E-state index is 1.10. The van der Waals surface area contributed by atoms with Gasteiger partial charge in [0.05, 0.1) is 0 Å². The molecule has 0 heterocycles. The van der Waals surface area contributed by atoms with Gasteiger partial charge in [-0.1, -0.05) is 144 Å². The van der Waals surface area contributed by atoms with E-state index in [2.05, 4.69) is 233 Å². The maximum atomic E-state index is 2.36. The Labute approximate surface area is 322 Å². The van der Waals surface area contributed by atoms with Crippen LogP contribution in [0, 0.1) is 41.5 Å². The number of benzene rings is 7. The summed E-state index contributed by atoms with van der Waals surface area (Å²) in [6.45, 7) is 12.9. The molecule has 7 rings (SSSR count). The van der Waals surface area contributed by atoms with Crippen LogP contribution in [0.25, 0.3) is 24.3 Å². The maximum absolute atomic E-state index is 2.36. The van der Waals surface area contributed by atoms with Crippen molar-refractivity contribution in [2.24, 2.45) is 0 Å². The average Bonchev–Trinajstić information content (AvgIpc) is 3.18. The van der Waals surface area contributed by atoms with Crippen molar-refractivity contribution in [1.82, 2.24) is 0 Å². The maximum Gasteiger partial charge on any atom is 0.0490 e. The second-order valence-corrected chi connectivity index (χ2v) is 14.4. The van der Waals surface area contributed by atoms with E-state index < -0.39 is 0 Å². The molecule has 7 aromatic rings. The summed E-state index contributed by atoms with van der Waals surface area (Å²) in [5.41, 5.74) is 19.0.